The predicted molar refractivity (Wildman–Crippen MR) is 83.3 cm³/mol. The lowest BCUT2D eigenvalue weighted by Crippen LogP contribution is -2.31. The molecule has 4 nitrogen and oxygen atoms in total. The van der Waals surface area contributed by atoms with Crippen molar-refractivity contribution in [2.24, 2.45) is 0 Å². The van der Waals surface area contributed by atoms with Crippen molar-refractivity contribution in [2.45, 2.75) is 19.4 Å². The molecular formula is C17H19N3O. The molecule has 108 valence electrons. The zero-order chi connectivity index (χ0) is 14.7. The van der Waals surface area contributed by atoms with Crippen LogP contribution in [0.25, 0.3) is 0 Å². The number of pyridine rings is 1. The fourth-order valence-electron chi connectivity index (χ4n) is 2.74. The van der Waals surface area contributed by atoms with Crippen molar-refractivity contribution in [2.75, 3.05) is 18.9 Å². The van der Waals surface area contributed by atoms with E-state index in [0.29, 0.717) is 12.2 Å². The van der Waals surface area contributed by atoms with Gasteiger partial charge < -0.3 is 10.2 Å². The highest BCUT2D eigenvalue weighted by Gasteiger charge is 2.21. The fourth-order valence-corrected chi connectivity index (χ4v) is 2.74. The van der Waals surface area contributed by atoms with Crippen LogP contribution in [-0.4, -0.2) is 29.4 Å². The Bertz CT molecular complexity index is 654. The number of nitrogens with one attached hydrogen (secondary N) is 1. The Kier molecular flexibility index (Phi) is 3.86. The minimum absolute atomic E-state index is 0.00352. The molecule has 4 heteroatoms. The lowest BCUT2D eigenvalue weighted by Gasteiger charge is -2.20. The molecule has 1 aromatic carbocycles. The lowest BCUT2D eigenvalue weighted by atomic mass is 10.0. The van der Waals surface area contributed by atoms with Crippen LogP contribution >= 0.6 is 0 Å². The number of aromatic nitrogens is 1. The average molecular weight is 281 g/mol. The number of hydrogen-bond donors (Lipinski definition) is 1. The van der Waals surface area contributed by atoms with Gasteiger partial charge in [0.1, 0.15) is 5.69 Å². The summed E-state index contributed by atoms with van der Waals surface area (Å²) in [5.41, 5.74) is 4.00. The zero-order valence-electron chi connectivity index (χ0n) is 12.2. The topological polar surface area (TPSA) is 45.2 Å². The van der Waals surface area contributed by atoms with Crippen molar-refractivity contribution >= 4 is 11.6 Å². The van der Waals surface area contributed by atoms with Crippen LogP contribution in [0.15, 0.2) is 42.6 Å². The SMILES string of the molecule is CNc1ccnc(C(=O)N2CCCc3ccccc3C2)c1. The molecule has 21 heavy (non-hydrogen) atoms. The number of carbonyl (C=O) groups excluding carboxylic acids is 1. The van der Waals surface area contributed by atoms with Crippen molar-refractivity contribution in [1.82, 2.24) is 9.88 Å². The van der Waals surface area contributed by atoms with Crippen LogP contribution in [0, 0.1) is 0 Å². The molecule has 0 saturated heterocycles. The Morgan fingerprint density at radius 3 is 2.86 bits per heavy atom. The van der Waals surface area contributed by atoms with E-state index in [2.05, 4.69) is 28.5 Å². The van der Waals surface area contributed by atoms with E-state index in [9.17, 15) is 4.79 Å². The van der Waals surface area contributed by atoms with Gasteiger partial charge in [0, 0.05) is 32.0 Å². The first-order chi connectivity index (χ1) is 10.3. The summed E-state index contributed by atoms with van der Waals surface area (Å²) < 4.78 is 0. The number of benzene rings is 1. The van der Waals surface area contributed by atoms with Crippen LogP contribution in [0.5, 0.6) is 0 Å². The van der Waals surface area contributed by atoms with Gasteiger partial charge in [-0.2, -0.15) is 0 Å². The first-order valence-electron chi connectivity index (χ1n) is 7.28. The zero-order valence-corrected chi connectivity index (χ0v) is 12.2. The number of anilines is 1. The smallest absolute Gasteiger partial charge is 0.272 e. The van der Waals surface area contributed by atoms with E-state index in [1.807, 2.05) is 24.1 Å². The van der Waals surface area contributed by atoms with Gasteiger partial charge in [-0.05, 0) is 36.1 Å². The highest BCUT2D eigenvalue weighted by atomic mass is 16.2. The van der Waals surface area contributed by atoms with Crippen molar-refractivity contribution < 1.29 is 4.79 Å². The van der Waals surface area contributed by atoms with Crippen LogP contribution in [0.1, 0.15) is 28.0 Å². The van der Waals surface area contributed by atoms with E-state index >= 15 is 0 Å². The van der Waals surface area contributed by atoms with Crippen LogP contribution in [0.4, 0.5) is 5.69 Å². The molecule has 3 rings (SSSR count). The quantitative estimate of drug-likeness (QED) is 0.920. The number of nitrogens with zero attached hydrogens (tertiary/aromatic N) is 2. The minimum Gasteiger partial charge on any atom is -0.388 e. The lowest BCUT2D eigenvalue weighted by molar-refractivity contribution is 0.0740. The maximum Gasteiger partial charge on any atom is 0.272 e. The fraction of sp³-hybridized carbons (Fsp3) is 0.294. The van der Waals surface area contributed by atoms with E-state index in [1.54, 1.807) is 12.3 Å². The Morgan fingerprint density at radius 2 is 2.05 bits per heavy atom. The Labute approximate surface area is 124 Å². The summed E-state index contributed by atoms with van der Waals surface area (Å²) in [5.74, 6) is 0.00352. The van der Waals surface area contributed by atoms with Gasteiger partial charge in [0.25, 0.3) is 5.91 Å². The molecular weight excluding hydrogens is 262 g/mol. The number of amides is 1. The first kappa shape index (κ1) is 13.6. The summed E-state index contributed by atoms with van der Waals surface area (Å²) in [6.45, 7) is 1.44. The second-order valence-electron chi connectivity index (χ2n) is 5.28. The molecule has 0 fully saturated rings. The van der Waals surface area contributed by atoms with E-state index in [4.69, 9.17) is 0 Å². The third-order valence-corrected chi connectivity index (χ3v) is 3.91. The summed E-state index contributed by atoms with van der Waals surface area (Å²) in [6, 6.07) is 12.0. The molecule has 2 heterocycles. The summed E-state index contributed by atoms with van der Waals surface area (Å²) in [5, 5.41) is 3.04. The van der Waals surface area contributed by atoms with Gasteiger partial charge in [-0.25, -0.2) is 0 Å². The molecule has 1 amide bonds. The summed E-state index contributed by atoms with van der Waals surface area (Å²) in [6.07, 6.45) is 3.70. The van der Waals surface area contributed by atoms with E-state index in [1.165, 1.54) is 11.1 Å². The molecule has 0 bridgehead atoms. The third kappa shape index (κ3) is 2.89. The third-order valence-electron chi connectivity index (χ3n) is 3.91. The molecule has 0 radical (unpaired) electrons. The van der Waals surface area contributed by atoms with Gasteiger partial charge >= 0.3 is 0 Å². The molecule has 0 saturated carbocycles. The van der Waals surface area contributed by atoms with Crippen molar-refractivity contribution in [3.63, 3.8) is 0 Å². The number of rotatable bonds is 2. The van der Waals surface area contributed by atoms with Crippen LogP contribution in [0.2, 0.25) is 0 Å². The number of carbonyl (C=O) groups is 1. The summed E-state index contributed by atoms with van der Waals surface area (Å²) >= 11 is 0. The molecule has 1 aromatic heterocycles. The van der Waals surface area contributed by atoms with Crippen molar-refractivity contribution in [3.8, 4) is 0 Å². The molecule has 1 N–H and O–H groups in total. The summed E-state index contributed by atoms with van der Waals surface area (Å²) in [7, 11) is 1.84. The average Bonchev–Trinajstić information content (AvgIpc) is 2.76. The molecule has 0 atom stereocenters. The second kappa shape index (κ2) is 5.95. The molecule has 2 aromatic rings. The number of hydrogen-bond acceptors (Lipinski definition) is 3. The first-order valence-corrected chi connectivity index (χ1v) is 7.28. The minimum atomic E-state index is 0.00352. The van der Waals surface area contributed by atoms with Crippen LogP contribution in [0.3, 0.4) is 0 Å². The second-order valence-corrected chi connectivity index (χ2v) is 5.28. The predicted octanol–water partition coefficient (Wildman–Crippen LogP) is 2.71. The van der Waals surface area contributed by atoms with E-state index < -0.39 is 0 Å². The van der Waals surface area contributed by atoms with Crippen LogP contribution < -0.4 is 5.32 Å². The van der Waals surface area contributed by atoms with Gasteiger partial charge in [-0.3, -0.25) is 9.78 Å². The summed E-state index contributed by atoms with van der Waals surface area (Å²) in [4.78, 5) is 18.8. The van der Waals surface area contributed by atoms with Gasteiger partial charge in [-0.15, -0.1) is 0 Å². The van der Waals surface area contributed by atoms with Gasteiger partial charge in [0.15, 0.2) is 0 Å². The highest BCUT2D eigenvalue weighted by molar-refractivity contribution is 5.93. The van der Waals surface area contributed by atoms with Gasteiger partial charge in [0.05, 0.1) is 0 Å². The number of aryl methyl sites for hydroxylation is 1. The highest BCUT2D eigenvalue weighted by Crippen LogP contribution is 2.20. The Morgan fingerprint density at radius 1 is 1.24 bits per heavy atom. The Hall–Kier alpha value is -2.36. The molecule has 1 aliphatic heterocycles. The van der Waals surface area contributed by atoms with E-state index in [0.717, 1.165) is 25.1 Å². The Balaban J connectivity index is 1.84. The maximum atomic E-state index is 12.7. The monoisotopic (exact) mass is 281 g/mol. The van der Waals surface area contributed by atoms with Gasteiger partial charge in [-0.1, -0.05) is 24.3 Å². The molecule has 0 spiro atoms. The van der Waals surface area contributed by atoms with Gasteiger partial charge in [0.2, 0.25) is 0 Å². The normalized spacial score (nSPS) is 14.2. The standard InChI is InChI=1S/C17H19N3O/c1-18-15-8-9-19-16(11-15)17(21)20-10-4-7-13-5-2-3-6-14(13)12-20/h2-3,5-6,8-9,11H,4,7,10,12H2,1H3,(H,18,19). The molecule has 1 aliphatic rings. The maximum absolute atomic E-state index is 12.7. The molecule has 0 unspecified atom stereocenters. The number of fused-ring (bicyclic) bond motifs is 1. The van der Waals surface area contributed by atoms with E-state index in [-0.39, 0.29) is 5.91 Å². The van der Waals surface area contributed by atoms with Crippen molar-refractivity contribution in [1.29, 1.82) is 0 Å². The van der Waals surface area contributed by atoms with Crippen LogP contribution in [-0.2, 0) is 13.0 Å². The van der Waals surface area contributed by atoms with Crippen molar-refractivity contribution in [3.05, 3.63) is 59.4 Å². The largest absolute Gasteiger partial charge is 0.388 e. The molecule has 0 aliphatic carbocycles.